The van der Waals surface area contributed by atoms with Crippen LogP contribution in [0.5, 0.6) is 0 Å². The molecule has 0 aliphatic carbocycles. The van der Waals surface area contributed by atoms with Gasteiger partial charge in [-0.15, -0.1) is 0 Å². The number of ether oxygens (including phenoxy) is 1. The molecule has 28 heavy (non-hydrogen) atoms. The maximum absolute atomic E-state index is 13.0. The molecule has 2 amide bonds. The lowest BCUT2D eigenvalue weighted by Crippen LogP contribution is -2.36. The molecule has 148 valence electrons. The lowest BCUT2D eigenvalue weighted by molar-refractivity contribution is 0.0724. The highest BCUT2D eigenvalue weighted by molar-refractivity contribution is 6.04. The van der Waals surface area contributed by atoms with E-state index in [-0.39, 0.29) is 23.6 Å². The van der Waals surface area contributed by atoms with Crippen LogP contribution >= 0.6 is 0 Å². The maximum atomic E-state index is 13.0. The van der Waals surface area contributed by atoms with Gasteiger partial charge in [-0.25, -0.2) is 4.98 Å². The minimum Gasteiger partial charge on any atom is -0.443 e. The number of oxazole rings is 1. The minimum atomic E-state index is -0.320. The van der Waals surface area contributed by atoms with Crippen molar-refractivity contribution < 1.29 is 18.7 Å². The van der Waals surface area contributed by atoms with E-state index in [0.717, 1.165) is 51.8 Å². The molecule has 1 atom stereocenters. The van der Waals surface area contributed by atoms with Gasteiger partial charge in [-0.2, -0.15) is 0 Å². The largest absolute Gasteiger partial charge is 0.443 e. The van der Waals surface area contributed by atoms with Crippen LogP contribution in [0.4, 0.5) is 0 Å². The number of hydrogen-bond donors (Lipinski definition) is 1. The maximum Gasteiger partial charge on any atom is 0.274 e. The van der Waals surface area contributed by atoms with Crippen molar-refractivity contribution in [3.63, 3.8) is 0 Å². The third-order valence-corrected chi connectivity index (χ3v) is 5.34. The van der Waals surface area contributed by atoms with E-state index in [1.165, 1.54) is 6.39 Å². The second-order valence-corrected chi connectivity index (χ2v) is 7.27. The summed E-state index contributed by atoms with van der Waals surface area (Å²) in [7, 11) is 0. The summed E-state index contributed by atoms with van der Waals surface area (Å²) in [6.45, 7) is 2.71. The zero-order valence-corrected chi connectivity index (χ0v) is 15.9. The first-order valence-electron chi connectivity index (χ1n) is 9.96. The summed E-state index contributed by atoms with van der Waals surface area (Å²) in [4.78, 5) is 31.7. The summed E-state index contributed by atoms with van der Waals surface area (Å²) >= 11 is 0. The highest BCUT2D eigenvalue weighted by atomic mass is 16.5. The molecule has 2 saturated heterocycles. The van der Waals surface area contributed by atoms with Crippen LogP contribution in [0.3, 0.4) is 0 Å². The van der Waals surface area contributed by atoms with Gasteiger partial charge >= 0.3 is 0 Å². The molecule has 2 aromatic rings. The first-order valence-corrected chi connectivity index (χ1v) is 9.96. The van der Waals surface area contributed by atoms with Crippen LogP contribution in [0.1, 0.15) is 53.0 Å². The summed E-state index contributed by atoms with van der Waals surface area (Å²) in [6, 6.07) is 7.24. The molecule has 7 heteroatoms. The van der Waals surface area contributed by atoms with Crippen LogP contribution in [0, 0.1) is 0 Å². The lowest BCUT2D eigenvalue weighted by Gasteiger charge is -2.27. The van der Waals surface area contributed by atoms with Gasteiger partial charge in [0.05, 0.1) is 11.7 Å². The van der Waals surface area contributed by atoms with Crippen LogP contribution in [0.15, 0.2) is 35.1 Å². The Morgan fingerprint density at radius 1 is 1.14 bits per heavy atom. The fourth-order valence-electron chi connectivity index (χ4n) is 3.83. The van der Waals surface area contributed by atoms with E-state index in [0.29, 0.717) is 23.4 Å². The molecular formula is C21H25N3O4. The minimum absolute atomic E-state index is 0.0302. The first kappa shape index (κ1) is 18.7. The van der Waals surface area contributed by atoms with Crippen molar-refractivity contribution in [2.24, 2.45) is 0 Å². The molecule has 1 aromatic carbocycles. The third-order valence-electron chi connectivity index (χ3n) is 5.34. The Morgan fingerprint density at radius 3 is 2.75 bits per heavy atom. The number of benzene rings is 1. The van der Waals surface area contributed by atoms with Gasteiger partial charge in [0.1, 0.15) is 0 Å². The lowest BCUT2D eigenvalue weighted by atomic mass is 10.0. The smallest absolute Gasteiger partial charge is 0.274 e. The van der Waals surface area contributed by atoms with Crippen molar-refractivity contribution in [3.05, 3.63) is 41.9 Å². The van der Waals surface area contributed by atoms with E-state index < -0.39 is 0 Å². The van der Waals surface area contributed by atoms with Gasteiger partial charge in [0.2, 0.25) is 0 Å². The molecule has 0 saturated carbocycles. The van der Waals surface area contributed by atoms with Crippen molar-refractivity contribution in [2.45, 2.75) is 38.2 Å². The number of amides is 2. The number of carbonyl (C=O) groups excluding carboxylic acids is 2. The van der Waals surface area contributed by atoms with Crippen molar-refractivity contribution in [1.82, 2.24) is 15.2 Å². The highest BCUT2D eigenvalue weighted by Gasteiger charge is 2.26. The Hall–Kier alpha value is -2.67. The topological polar surface area (TPSA) is 84.7 Å². The van der Waals surface area contributed by atoms with E-state index in [1.54, 1.807) is 12.1 Å². The predicted molar refractivity (Wildman–Crippen MR) is 103 cm³/mol. The molecule has 1 N–H and O–H groups in total. The van der Waals surface area contributed by atoms with E-state index in [4.69, 9.17) is 9.15 Å². The van der Waals surface area contributed by atoms with E-state index in [2.05, 4.69) is 10.3 Å². The van der Waals surface area contributed by atoms with Gasteiger partial charge in [-0.1, -0.05) is 18.2 Å². The summed E-state index contributed by atoms with van der Waals surface area (Å²) < 4.78 is 11.1. The molecule has 3 heterocycles. The fraction of sp³-hybridized carbons (Fsp3) is 0.476. The van der Waals surface area contributed by atoms with E-state index >= 15 is 0 Å². The van der Waals surface area contributed by atoms with Crippen LogP contribution in [0.2, 0.25) is 0 Å². The molecule has 0 radical (unpaired) electrons. The van der Waals surface area contributed by atoms with Crippen molar-refractivity contribution in [2.75, 3.05) is 26.2 Å². The molecule has 2 aliphatic heterocycles. The van der Waals surface area contributed by atoms with Gasteiger partial charge in [-0.3, -0.25) is 9.59 Å². The summed E-state index contributed by atoms with van der Waals surface area (Å²) in [5.74, 6) is -0.0253. The molecule has 4 rings (SSSR count). The Balaban J connectivity index is 1.55. The van der Waals surface area contributed by atoms with Gasteiger partial charge in [-0.05, 0) is 38.2 Å². The predicted octanol–water partition coefficient (Wildman–Crippen LogP) is 2.88. The molecule has 0 unspecified atom stereocenters. The number of nitrogens with zero attached hydrogens (tertiary/aromatic N) is 2. The SMILES string of the molecule is O=C(NC[C@@H]1CCCO1)c1ncoc1-c1ccccc1C(=O)N1CCCCC1. The second kappa shape index (κ2) is 8.56. The highest BCUT2D eigenvalue weighted by Crippen LogP contribution is 2.28. The quantitative estimate of drug-likeness (QED) is 0.858. The standard InChI is InChI=1S/C21H25N3O4/c25-20(22-13-15-7-6-12-27-15)18-19(28-14-23-18)16-8-2-3-9-17(16)21(26)24-10-4-1-5-11-24/h2-3,8-9,14-15H,1,4-7,10-13H2,(H,22,25)/t15-/m0/s1. The number of aromatic nitrogens is 1. The zero-order valence-electron chi connectivity index (χ0n) is 15.9. The van der Waals surface area contributed by atoms with Crippen molar-refractivity contribution >= 4 is 11.8 Å². The number of carbonyl (C=O) groups is 2. The molecular weight excluding hydrogens is 358 g/mol. The van der Waals surface area contributed by atoms with Crippen LogP contribution in [-0.4, -0.2) is 54.0 Å². The Bertz CT molecular complexity index is 836. The van der Waals surface area contributed by atoms with Crippen LogP contribution in [0.25, 0.3) is 11.3 Å². The van der Waals surface area contributed by atoms with E-state index in [1.807, 2.05) is 17.0 Å². The third kappa shape index (κ3) is 3.94. The van der Waals surface area contributed by atoms with Crippen molar-refractivity contribution in [1.29, 1.82) is 0 Å². The van der Waals surface area contributed by atoms with Gasteiger partial charge < -0.3 is 19.4 Å². The fourth-order valence-corrected chi connectivity index (χ4v) is 3.83. The Morgan fingerprint density at radius 2 is 1.96 bits per heavy atom. The average Bonchev–Trinajstić information content (AvgIpc) is 3.44. The van der Waals surface area contributed by atoms with E-state index in [9.17, 15) is 9.59 Å². The molecule has 0 bridgehead atoms. The van der Waals surface area contributed by atoms with Gasteiger partial charge in [0.15, 0.2) is 17.8 Å². The number of likely N-dealkylation sites (tertiary alicyclic amines) is 1. The van der Waals surface area contributed by atoms with Crippen LogP contribution in [-0.2, 0) is 4.74 Å². The summed E-state index contributed by atoms with van der Waals surface area (Å²) in [5, 5.41) is 2.87. The molecule has 0 spiro atoms. The number of piperidine rings is 1. The zero-order chi connectivity index (χ0) is 19.3. The van der Waals surface area contributed by atoms with Gasteiger partial charge in [0.25, 0.3) is 11.8 Å². The number of rotatable bonds is 5. The second-order valence-electron chi connectivity index (χ2n) is 7.27. The molecule has 1 aromatic heterocycles. The summed E-state index contributed by atoms with van der Waals surface area (Å²) in [5.41, 5.74) is 1.32. The monoisotopic (exact) mass is 383 g/mol. The average molecular weight is 383 g/mol. The number of hydrogen-bond acceptors (Lipinski definition) is 5. The van der Waals surface area contributed by atoms with Crippen LogP contribution < -0.4 is 5.32 Å². The Labute approximate surface area is 164 Å². The molecule has 7 nitrogen and oxygen atoms in total. The van der Waals surface area contributed by atoms with Gasteiger partial charge in [0, 0.05) is 31.8 Å². The number of nitrogens with one attached hydrogen (secondary N) is 1. The van der Waals surface area contributed by atoms with Crippen molar-refractivity contribution in [3.8, 4) is 11.3 Å². The first-order chi connectivity index (χ1) is 13.7. The normalized spacial score (nSPS) is 19.6. The Kier molecular flexibility index (Phi) is 5.71. The molecule has 2 aliphatic rings. The summed E-state index contributed by atoms with van der Waals surface area (Å²) in [6.07, 6.45) is 6.45. The molecule has 2 fully saturated rings.